The number of esters is 5. The Kier molecular flexibility index (Phi) is 14.6. The van der Waals surface area contributed by atoms with Gasteiger partial charge in [0.2, 0.25) is 0 Å². The quantitative estimate of drug-likeness (QED) is 0.0648. The molecule has 60 heavy (non-hydrogen) atoms. The van der Waals surface area contributed by atoms with Crippen molar-refractivity contribution >= 4 is 40.6 Å². The van der Waals surface area contributed by atoms with E-state index in [4.69, 9.17) is 23.7 Å². The Balaban J connectivity index is 0.996. The fourth-order valence-corrected chi connectivity index (χ4v) is 6.49. The number of hydrogen-bond donors (Lipinski definition) is 0. The molecule has 0 fully saturated rings. The van der Waals surface area contributed by atoms with Crippen molar-refractivity contribution < 1.29 is 47.7 Å². The van der Waals surface area contributed by atoms with Crippen LogP contribution in [0.4, 0.5) is 0 Å². The van der Waals surface area contributed by atoms with Gasteiger partial charge in [0.25, 0.3) is 0 Å². The van der Waals surface area contributed by atoms with E-state index < -0.39 is 29.8 Å². The molecule has 306 valence electrons. The number of carbonyl (C=O) groups is 5. The van der Waals surface area contributed by atoms with Crippen molar-refractivity contribution in [1.29, 1.82) is 0 Å². The van der Waals surface area contributed by atoms with E-state index in [1.807, 2.05) is 24.3 Å². The second kappa shape index (κ2) is 20.6. The third-order valence-electron chi connectivity index (χ3n) is 9.73. The van der Waals surface area contributed by atoms with Crippen LogP contribution in [0.15, 0.2) is 127 Å². The molecule has 0 saturated heterocycles. The molecule has 6 aromatic rings. The van der Waals surface area contributed by atoms with Crippen LogP contribution < -0.4 is 18.9 Å². The lowest BCUT2D eigenvalue weighted by atomic mass is 10.1. The van der Waals surface area contributed by atoms with Gasteiger partial charge in [-0.2, -0.15) is 0 Å². The Hall–Kier alpha value is -7.07. The van der Waals surface area contributed by atoms with Gasteiger partial charge in [-0.05, 0) is 132 Å². The Labute approximate surface area is 349 Å². The molecule has 0 spiro atoms. The Morgan fingerprint density at radius 2 is 0.850 bits per heavy atom. The number of rotatable bonds is 17. The number of benzene rings is 6. The first-order valence-corrected chi connectivity index (χ1v) is 20.0. The van der Waals surface area contributed by atoms with Gasteiger partial charge in [0.05, 0.1) is 18.2 Å². The second-order valence-electron chi connectivity index (χ2n) is 14.3. The second-order valence-corrected chi connectivity index (χ2v) is 14.3. The molecule has 0 radical (unpaired) electrons. The van der Waals surface area contributed by atoms with E-state index in [0.29, 0.717) is 46.2 Å². The van der Waals surface area contributed by atoms with Crippen LogP contribution in [0.3, 0.4) is 0 Å². The number of ether oxygens (including phenoxy) is 5. The molecule has 6 aromatic carbocycles. The topological polar surface area (TPSA) is 132 Å². The van der Waals surface area contributed by atoms with Gasteiger partial charge >= 0.3 is 29.8 Å². The Bertz CT molecular complexity index is 2450. The zero-order valence-electron chi connectivity index (χ0n) is 33.9. The summed E-state index contributed by atoms with van der Waals surface area (Å²) >= 11 is 0. The van der Waals surface area contributed by atoms with Crippen molar-refractivity contribution in [3.63, 3.8) is 0 Å². The lowest BCUT2D eigenvalue weighted by molar-refractivity contribution is -0.135. The van der Waals surface area contributed by atoms with Crippen LogP contribution in [0.5, 0.6) is 23.0 Å². The predicted molar refractivity (Wildman–Crippen MR) is 227 cm³/mol. The van der Waals surface area contributed by atoms with Gasteiger partial charge in [-0.15, -0.1) is 0 Å². The first kappa shape index (κ1) is 42.5. The number of methoxy groups -OCH3 is 1. The highest BCUT2D eigenvalue weighted by Crippen LogP contribution is 2.30. The highest BCUT2D eigenvalue weighted by molar-refractivity contribution is 6.00. The Morgan fingerprint density at radius 1 is 0.417 bits per heavy atom. The van der Waals surface area contributed by atoms with Crippen molar-refractivity contribution in [3.05, 3.63) is 166 Å². The maximum Gasteiger partial charge on any atom is 0.343 e. The van der Waals surface area contributed by atoms with E-state index in [0.717, 1.165) is 42.4 Å². The standard InChI is InChI=1S/C50H46O10/c1-4-6-33-8-18-37(19-9-33)48(53)58-41-23-12-35(13-24-41)16-28-46(51)57-43-27-22-39-32-45(44(50(55)56-3)31-40(39)30-43)60-47(52)29-17-36-14-25-42(26-15-36)59-49(54)38-20-10-34(7-5-2)11-21-38/h8-15,18-27,30-32H,4-7,16-17,28-29H2,1-3H3. The maximum absolute atomic E-state index is 13.0. The highest BCUT2D eigenvalue weighted by Gasteiger charge is 2.19. The van der Waals surface area contributed by atoms with Crippen LogP contribution in [0.2, 0.25) is 0 Å². The molecule has 0 aliphatic rings. The number of fused-ring (bicyclic) bond motifs is 1. The molecule has 10 nitrogen and oxygen atoms in total. The monoisotopic (exact) mass is 806 g/mol. The molecule has 10 heteroatoms. The molecule has 0 aromatic heterocycles. The molecule has 0 saturated carbocycles. The van der Waals surface area contributed by atoms with Gasteiger partial charge in [-0.25, -0.2) is 14.4 Å². The SMILES string of the molecule is CCCc1ccc(C(=O)Oc2ccc(CCC(=O)Oc3ccc4cc(OC(=O)CCc5ccc(OC(=O)c6ccc(CCC)cc6)cc5)c(C(=O)OC)cc4c3)cc2)cc1. The van der Waals surface area contributed by atoms with Gasteiger partial charge < -0.3 is 23.7 Å². The first-order chi connectivity index (χ1) is 29.1. The van der Waals surface area contributed by atoms with Crippen LogP contribution in [0, 0.1) is 0 Å². The number of carbonyl (C=O) groups excluding carboxylic acids is 5. The summed E-state index contributed by atoms with van der Waals surface area (Å²) in [5.41, 5.74) is 4.98. The summed E-state index contributed by atoms with van der Waals surface area (Å²) in [4.78, 5) is 63.7. The fraction of sp³-hybridized carbons (Fsp3) is 0.220. The molecule has 0 unspecified atom stereocenters. The maximum atomic E-state index is 13.0. The van der Waals surface area contributed by atoms with Gasteiger partial charge in [0, 0.05) is 12.8 Å². The molecular formula is C50H46O10. The van der Waals surface area contributed by atoms with Crippen molar-refractivity contribution in [2.75, 3.05) is 7.11 Å². The average molecular weight is 807 g/mol. The summed E-state index contributed by atoms with van der Waals surface area (Å²) < 4.78 is 27.3. The van der Waals surface area contributed by atoms with Crippen LogP contribution in [0.25, 0.3) is 10.8 Å². The molecule has 0 N–H and O–H groups in total. The van der Waals surface area contributed by atoms with E-state index in [1.165, 1.54) is 18.7 Å². The highest BCUT2D eigenvalue weighted by atomic mass is 16.6. The summed E-state index contributed by atoms with van der Waals surface area (Å²) in [7, 11) is 1.23. The van der Waals surface area contributed by atoms with Crippen molar-refractivity contribution in [2.24, 2.45) is 0 Å². The third kappa shape index (κ3) is 11.8. The summed E-state index contributed by atoms with van der Waals surface area (Å²) in [5, 5.41) is 1.21. The van der Waals surface area contributed by atoms with E-state index in [1.54, 1.807) is 97.1 Å². The zero-order valence-corrected chi connectivity index (χ0v) is 33.9. The molecule has 6 rings (SSSR count). The van der Waals surface area contributed by atoms with Gasteiger partial charge in [-0.1, -0.05) is 81.3 Å². The molecule has 0 bridgehead atoms. The van der Waals surface area contributed by atoms with E-state index >= 15 is 0 Å². The fourth-order valence-electron chi connectivity index (χ4n) is 6.49. The lowest BCUT2D eigenvalue weighted by Gasteiger charge is -2.12. The zero-order chi connectivity index (χ0) is 42.4. The van der Waals surface area contributed by atoms with Gasteiger partial charge in [0.1, 0.15) is 28.6 Å². The third-order valence-corrected chi connectivity index (χ3v) is 9.73. The minimum Gasteiger partial charge on any atom is -0.465 e. The van der Waals surface area contributed by atoms with Crippen molar-refractivity contribution in [3.8, 4) is 23.0 Å². The van der Waals surface area contributed by atoms with Crippen LogP contribution in [-0.2, 0) is 40.0 Å². The van der Waals surface area contributed by atoms with E-state index in [-0.39, 0.29) is 29.9 Å². The average Bonchev–Trinajstić information content (AvgIpc) is 3.26. The normalized spacial score (nSPS) is 10.8. The number of hydrogen-bond acceptors (Lipinski definition) is 10. The predicted octanol–water partition coefficient (Wildman–Crippen LogP) is 10.0. The molecule has 0 atom stereocenters. The lowest BCUT2D eigenvalue weighted by Crippen LogP contribution is -2.13. The van der Waals surface area contributed by atoms with Crippen LogP contribution >= 0.6 is 0 Å². The summed E-state index contributed by atoms with van der Waals surface area (Å²) in [6, 6.07) is 36.6. The Morgan fingerprint density at radius 3 is 1.32 bits per heavy atom. The molecular weight excluding hydrogens is 761 g/mol. The number of aryl methyl sites for hydroxylation is 4. The smallest absolute Gasteiger partial charge is 0.343 e. The van der Waals surface area contributed by atoms with Crippen LogP contribution in [-0.4, -0.2) is 37.0 Å². The molecule has 0 amide bonds. The molecule has 0 aliphatic carbocycles. The minimum absolute atomic E-state index is 0.0164. The summed E-state index contributed by atoms with van der Waals surface area (Å²) in [6.07, 6.45) is 4.80. The van der Waals surface area contributed by atoms with E-state index in [9.17, 15) is 24.0 Å². The summed E-state index contributed by atoms with van der Waals surface area (Å²) in [5.74, 6) is -1.52. The summed E-state index contributed by atoms with van der Waals surface area (Å²) in [6.45, 7) is 4.20. The van der Waals surface area contributed by atoms with Crippen LogP contribution in [0.1, 0.15) is 92.9 Å². The largest absolute Gasteiger partial charge is 0.465 e. The molecule has 0 heterocycles. The van der Waals surface area contributed by atoms with Gasteiger partial charge in [0.15, 0.2) is 0 Å². The van der Waals surface area contributed by atoms with Crippen molar-refractivity contribution in [2.45, 2.75) is 65.2 Å². The van der Waals surface area contributed by atoms with E-state index in [2.05, 4.69) is 13.8 Å². The minimum atomic E-state index is -0.703. The first-order valence-electron chi connectivity index (χ1n) is 20.0. The van der Waals surface area contributed by atoms with Gasteiger partial charge in [-0.3, -0.25) is 9.59 Å². The molecule has 0 aliphatic heterocycles. The van der Waals surface area contributed by atoms with Crippen molar-refractivity contribution in [1.82, 2.24) is 0 Å².